The molecule has 1 heterocycles. The molecule has 0 fully saturated rings. The predicted octanol–water partition coefficient (Wildman–Crippen LogP) is 2.69. The average molecular weight is 374 g/mol. The largest absolute Gasteiger partial charge is 0.459 e. The highest BCUT2D eigenvalue weighted by molar-refractivity contribution is 7.80. The Morgan fingerprint density at radius 3 is 2.42 bits per heavy atom. The molecular weight excluding hydrogens is 352 g/mol. The third kappa shape index (κ3) is 6.21. The minimum atomic E-state index is -0.355. The van der Waals surface area contributed by atoms with E-state index < -0.39 is 0 Å². The molecule has 138 valence electrons. The molecule has 0 saturated heterocycles. The van der Waals surface area contributed by atoms with Gasteiger partial charge in [-0.25, -0.2) is 0 Å². The minimum absolute atomic E-state index is 0.217. The molecule has 0 aliphatic rings. The molecule has 1 aromatic carbocycles. The molecule has 1 aromatic heterocycles. The molecule has 0 spiro atoms. The summed E-state index contributed by atoms with van der Waals surface area (Å²) in [6.07, 6.45) is 2.42. The van der Waals surface area contributed by atoms with Gasteiger partial charge in [0.1, 0.15) is 0 Å². The van der Waals surface area contributed by atoms with E-state index in [2.05, 4.69) is 35.3 Å². The molecule has 26 heavy (non-hydrogen) atoms. The number of benzene rings is 1. The summed E-state index contributed by atoms with van der Waals surface area (Å²) in [5.41, 5.74) is 6.17. The molecule has 8 heteroatoms. The van der Waals surface area contributed by atoms with Gasteiger partial charge < -0.3 is 15.1 Å². The van der Waals surface area contributed by atoms with E-state index in [1.807, 2.05) is 0 Å². The Balaban J connectivity index is 1.79. The van der Waals surface area contributed by atoms with Gasteiger partial charge in [-0.1, -0.05) is 13.8 Å². The molecule has 7 nitrogen and oxygen atoms in total. The summed E-state index contributed by atoms with van der Waals surface area (Å²) in [5, 5.41) is 6.06. The molecule has 0 atom stereocenters. The van der Waals surface area contributed by atoms with Crippen LogP contribution in [0, 0.1) is 5.92 Å². The van der Waals surface area contributed by atoms with Crippen molar-refractivity contribution in [2.75, 3.05) is 11.9 Å². The Kier molecular flexibility index (Phi) is 7.16. The van der Waals surface area contributed by atoms with E-state index >= 15 is 0 Å². The molecule has 2 aromatic rings. The molecule has 0 saturated carbocycles. The maximum Gasteiger partial charge on any atom is 0.291 e. The fourth-order valence-corrected chi connectivity index (χ4v) is 2.16. The van der Waals surface area contributed by atoms with Crippen LogP contribution in [0.2, 0.25) is 0 Å². The maximum absolute atomic E-state index is 12.1. The number of hydrogen-bond acceptors (Lipinski definition) is 4. The Bertz CT molecular complexity index is 742. The zero-order valence-electron chi connectivity index (χ0n) is 14.7. The van der Waals surface area contributed by atoms with Crippen molar-refractivity contribution in [2.45, 2.75) is 20.3 Å². The molecule has 0 aliphatic carbocycles. The van der Waals surface area contributed by atoms with Crippen molar-refractivity contribution in [2.24, 2.45) is 5.92 Å². The number of hydrogen-bond donors (Lipinski definition) is 4. The van der Waals surface area contributed by atoms with Gasteiger partial charge in [-0.05, 0) is 61.0 Å². The monoisotopic (exact) mass is 374 g/mol. The second-order valence-electron chi connectivity index (χ2n) is 6.03. The van der Waals surface area contributed by atoms with E-state index in [0.29, 0.717) is 22.3 Å². The Hall–Kier alpha value is -2.87. The summed E-state index contributed by atoms with van der Waals surface area (Å²) in [4.78, 5) is 24.0. The molecule has 2 rings (SSSR count). The smallest absolute Gasteiger partial charge is 0.291 e. The van der Waals surface area contributed by atoms with Crippen LogP contribution < -0.4 is 21.5 Å². The van der Waals surface area contributed by atoms with Gasteiger partial charge in [-0.2, -0.15) is 0 Å². The first-order valence-electron chi connectivity index (χ1n) is 8.25. The van der Waals surface area contributed by atoms with E-state index in [9.17, 15) is 9.59 Å². The van der Waals surface area contributed by atoms with Crippen LogP contribution in [0.5, 0.6) is 0 Å². The average Bonchev–Trinajstić information content (AvgIpc) is 3.15. The van der Waals surface area contributed by atoms with Crippen molar-refractivity contribution in [3.8, 4) is 0 Å². The van der Waals surface area contributed by atoms with E-state index in [4.69, 9.17) is 16.6 Å². The summed E-state index contributed by atoms with van der Waals surface area (Å²) in [5.74, 6) is 0.106. The predicted molar refractivity (Wildman–Crippen MR) is 104 cm³/mol. The van der Waals surface area contributed by atoms with E-state index in [1.54, 1.807) is 36.4 Å². The molecular formula is C18H22N4O3S. The van der Waals surface area contributed by atoms with Gasteiger partial charge in [0.15, 0.2) is 10.9 Å². The number of nitrogens with one attached hydrogen (secondary N) is 4. The van der Waals surface area contributed by atoms with Crippen LogP contribution in [0.1, 0.15) is 41.2 Å². The van der Waals surface area contributed by atoms with E-state index in [0.717, 1.165) is 13.0 Å². The molecule has 0 bridgehead atoms. The van der Waals surface area contributed by atoms with Gasteiger partial charge in [-0.15, -0.1) is 0 Å². The number of carbonyl (C=O) groups is 2. The van der Waals surface area contributed by atoms with Crippen LogP contribution in [0.3, 0.4) is 0 Å². The molecule has 4 N–H and O–H groups in total. The Morgan fingerprint density at radius 2 is 1.81 bits per heavy atom. The summed E-state index contributed by atoms with van der Waals surface area (Å²) in [6, 6.07) is 9.68. The number of hydrazine groups is 1. The van der Waals surface area contributed by atoms with Gasteiger partial charge in [0.05, 0.1) is 6.26 Å². The number of furan rings is 1. The zero-order chi connectivity index (χ0) is 18.9. The van der Waals surface area contributed by atoms with Gasteiger partial charge in [0, 0.05) is 17.8 Å². The van der Waals surface area contributed by atoms with Crippen LogP contribution in [-0.2, 0) is 0 Å². The number of thiocarbonyl (C=S) groups is 1. The fourth-order valence-electron chi connectivity index (χ4n) is 2.01. The van der Waals surface area contributed by atoms with Crippen LogP contribution >= 0.6 is 12.2 Å². The van der Waals surface area contributed by atoms with Crippen molar-refractivity contribution in [1.29, 1.82) is 0 Å². The van der Waals surface area contributed by atoms with Crippen molar-refractivity contribution in [1.82, 2.24) is 16.2 Å². The van der Waals surface area contributed by atoms with Crippen LogP contribution in [0.15, 0.2) is 47.1 Å². The lowest BCUT2D eigenvalue weighted by Gasteiger charge is -2.12. The Labute approximate surface area is 157 Å². The highest BCUT2D eigenvalue weighted by atomic mass is 32.1. The number of amides is 2. The molecule has 0 unspecified atom stereocenters. The zero-order valence-corrected chi connectivity index (χ0v) is 15.5. The van der Waals surface area contributed by atoms with E-state index in [-0.39, 0.29) is 17.6 Å². The van der Waals surface area contributed by atoms with Crippen molar-refractivity contribution in [3.63, 3.8) is 0 Å². The second-order valence-corrected chi connectivity index (χ2v) is 6.43. The normalized spacial score (nSPS) is 10.3. The fraction of sp³-hybridized carbons (Fsp3) is 0.278. The summed E-state index contributed by atoms with van der Waals surface area (Å²) < 4.78 is 5.02. The number of carbonyl (C=O) groups excluding carboxylic acids is 2. The van der Waals surface area contributed by atoms with Crippen LogP contribution in [0.25, 0.3) is 0 Å². The lowest BCUT2D eigenvalue weighted by Crippen LogP contribution is -2.47. The third-order valence-electron chi connectivity index (χ3n) is 3.45. The minimum Gasteiger partial charge on any atom is -0.459 e. The van der Waals surface area contributed by atoms with E-state index in [1.165, 1.54) is 6.26 Å². The lowest BCUT2D eigenvalue weighted by molar-refractivity contribution is 0.0943. The first-order chi connectivity index (χ1) is 12.5. The van der Waals surface area contributed by atoms with Gasteiger partial charge >= 0.3 is 0 Å². The highest BCUT2D eigenvalue weighted by Crippen LogP contribution is 2.11. The first kappa shape index (κ1) is 19.5. The van der Waals surface area contributed by atoms with Crippen LogP contribution in [-0.4, -0.2) is 23.5 Å². The number of anilines is 1. The quantitative estimate of drug-likeness (QED) is 0.459. The first-order valence-corrected chi connectivity index (χ1v) is 8.65. The third-order valence-corrected chi connectivity index (χ3v) is 3.69. The Morgan fingerprint density at radius 1 is 1.08 bits per heavy atom. The highest BCUT2D eigenvalue weighted by Gasteiger charge is 2.10. The standard InChI is InChI=1S/C18H22N4O3S/c1-12(2)9-10-19-18(26)22-21-16(23)13-5-7-14(8-6-13)20-17(24)15-4-3-11-25-15/h3-8,11-12H,9-10H2,1-2H3,(H,20,24)(H,21,23)(H2,19,22,26). The van der Waals surface area contributed by atoms with Crippen molar-refractivity contribution in [3.05, 3.63) is 54.0 Å². The van der Waals surface area contributed by atoms with Crippen molar-refractivity contribution < 1.29 is 14.0 Å². The lowest BCUT2D eigenvalue weighted by atomic mass is 10.1. The van der Waals surface area contributed by atoms with Gasteiger partial charge in [0.2, 0.25) is 0 Å². The molecule has 2 amide bonds. The van der Waals surface area contributed by atoms with Crippen molar-refractivity contribution >= 4 is 34.8 Å². The summed E-state index contributed by atoms with van der Waals surface area (Å²) >= 11 is 5.09. The van der Waals surface area contributed by atoms with Crippen LogP contribution in [0.4, 0.5) is 5.69 Å². The molecule has 0 aliphatic heterocycles. The summed E-state index contributed by atoms with van der Waals surface area (Å²) in [7, 11) is 0. The molecule has 0 radical (unpaired) electrons. The second kappa shape index (κ2) is 9.57. The van der Waals surface area contributed by atoms with Gasteiger partial charge in [-0.3, -0.25) is 20.4 Å². The SMILES string of the molecule is CC(C)CCNC(=S)NNC(=O)c1ccc(NC(=O)c2ccco2)cc1. The summed E-state index contributed by atoms with van der Waals surface area (Å²) in [6.45, 7) is 4.99. The number of rotatable bonds is 6. The van der Waals surface area contributed by atoms with Gasteiger partial charge in [0.25, 0.3) is 11.8 Å². The topological polar surface area (TPSA) is 95.4 Å². The maximum atomic E-state index is 12.1.